The number of benzene rings is 1. The van der Waals surface area contributed by atoms with Crippen molar-refractivity contribution in [1.82, 2.24) is 3.82 Å². The number of ether oxygens (including phenoxy) is 3. The maximum atomic E-state index is 12.5. The molecule has 3 atom stereocenters. The molecule has 8 nitrogen and oxygen atoms in total. The van der Waals surface area contributed by atoms with E-state index in [1.54, 1.807) is 25.7 Å². The van der Waals surface area contributed by atoms with E-state index in [1.165, 1.54) is 6.07 Å². The third kappa shape index (κ3) is 8.89. The molecule has 1 aromatic carbocycles. The van der Waals surface area contributed by atoms with E-state index in [-0.39, 0.29) is 22.6 Å². The molecule has 2 rings (SSSR count). The van der Waals surface area contributed by atoms with Gasteiger partial charge in [0, 0.05) is 26.2 Å². The van der Waals surface area contributed by atoms with Crippen molar-refractivity contribution in [3.63, 3.8) is 0 Å². The SMILES string of the molecule is COCCCOc1cc(C[C@@H](C[C@H](N)[C@@H](O)CN(Cl)S(=O)(=O)c2cccs2)C(C)C)ccc1OC. The van der Waals surface area contributed by atoms with Gasteiger partial charge in [0.2, 0.25) is 0 Å². The molecule has 3 N–H and O–H groups in total. The van der Waals surface area contributed by atoms with Crippen LogP contribution in [0.15, 0.2) is 39.9 Å². The summed E-state index contributed by atoms with van der Waals surface area (Å²) in [6.45, 7) is 5.04. The van der Waals surface area contributed by atoms with E-state index in [0.29, 0.717) is 41.4 Å². The van der Waals surface area contributed by atoms with E-state index in [9.17, 15) is 13.5 Å². The molecule has 0 aliphatic carbocycles. The highest BCUT2D eigenvalue weighted by Crippen LogP contribution is 2.31. The van der Waals surface area contributed by atoms with Crippen molar-refractivity contribution in [3.8, 4) is 11.5 Å². The molecule has 35 heavy (non-hydrogen) atoms. The van der Waals surface area contributed by atoms with Gasteiger partial charge < -0.3 is 25.1 Å². The fourth-order valence-corrected chi connectivity index (χ4v) is 6.29. The van der Waals surface area contributed by atoms with E-state index in [1.807, 2.05) is 18.2 Å². The third-order valence-electron chi connectivity index (χ3n) is 5.83. The smallest absolute Gasteiger partial charge is 0.266 e. The van der Waals surface area contributed by atoms with Crippen LogP contribution in [-0.4, -0.2) is 63.5 Å². The topological polar surface area (TPSA) is 111 Å². The molecule has 0 saturated heterocycles. The van der Waals surface area contributed by atoms with Crippen LogP contribution in [0.4, 0.5) is 0 Å². The van der Waals surface area contributed by atoms with Gasteiger partial charge in [-0.15, -0.1) is 15.2 Å². The van der Waals surface area contributed by atoms with Crippen molar-refractivity contribution < 1.29 is 27.7 Å². The third-order valence-corrected chi connectivity index (χ3v) is 9.41. The summed E-state index contributed by atoms with van der Waals surface area (Å²) >= 11 is 7.11. The van der Waals surface area contributed by atoms with Crippen molar-refractivity contribution in [1.29, 1.82) is 0 Å². The summed E-state index contributed by atoms with van der Waals surface area (Å²) < 4.78 is 42.2. The summed E-state index contributed by atoms with van der Waals surface area (Å²) in [6, 6.07) is 8.30. The fraction of sp³-hybridized carbons (Fsp3) is 0.583. The lowest BCUT2D eigenvalue weighted by atomic mass is 9.83. The first-order chi connectivity index (χ1) is 16.6. The first-order valence-electron chi connectivity index (χ1n) is 11.5. The zero-order valence-electron chi connectivity index (χ0n) is 20.7. The minimum atomic E-state index is -3.87. The number of hydrogen-bond donors (Lipinski definition) is 2. The van der Waals surface area contributed by atoms with Crippen LogP contribution < -0.4 is 15.2 Å². The van der Waals surface area contributed by atoms with E-state index >= 15 is 0 Å². The quantitative estimate of drug-likeness (QED) is 0.241. The van der Waals surface area contributed by atoms with Crippen molar-refractivity contribution in [3.05, 3.63) is 41.3 Å². The summed E-state index contributed by atoms with van der Waals surface area (Å²) in [6.07, 6.45) is 0.872. The zero-order valence-corrected chi connectivity index (χ0v) is 23.1. The monoisotopic (exact) mass is 548 g/mol. The van der Waals surface area contributed by atoms with Gasteiger partial charge in [-0.25, -0.2) is 8.42 Å². The summed E-state index contributed by atoms with van der Waals surface area (Å²) in [5.74, 6) is 1.76. The lowest BCUT2D eigenvalue weighted by molar-refractivity contribution is 0.118. The number of nitrogens with zero attached hydrogens (tertiary/aromatic N) is 1. The number of aliphatic hydroxyl groups is 1. The largest absolute Gasteiger partial charge is 0.493 e. The van der Waals surface area contributed by atoms with Gasteiger partial charge in [0.15, 0.2) is 11.5 Å². The molecule has 0 saturated carbocycles. The highest BCUT2D eigenvalue weighted by molar-refractivity contribution is 7.92. The van der Waals surface area contributed by atoms with Crippen molar-refractivity contribution >= 4 is 33.1 Å². The molecule has 198 valence electrons. The van der Waals surface area contributed by atoms with Crippen LogP contribution in [0.5, 0.6) is 11.5 Å². The molecule has 0 bridgehead atoms. The van der Waals surface area contributed by atoms with Gasteiger partial charge in [-0.05, 0) is 65.6 Å². The van der Waals surface area contributed by atoms with Gasteiger partial charge in [-0.3, -0.25) is 0 Å². The van der Waals surface area contributed by atoms with Gasteiger partial charge in [0.25, 0.3) is 10.0 Å². The van der Waals surface area contributed by atoms with E-state index < -0.39 is 22.2 Å². The molecule has 1 heterocycles. The average molecular weight is 549 g/mol. The highest BCUT2D eigenvalue weighted by Gasteiger charge is 2.30. The molecule has 0 aliphatic heterocycles. The fourth-order valence-electron chi connectivity index (χ4n) is 3.64. The van der Waals surface area contributed by atoms with Crippen LogP contribution in [0.1, 0.15) is 32.3 Å². The predicted molar refractivity (Wildman–Crippen MR) is 140 cm³/mol. The lowest BCUT2D eigenvalue weighted by Gasteiger charge is -2.28. The van der Waals surface area contributed by atoms with Crippen molar-refractivity contribution in [2.45, 2.75) is 49.5 Å². The minimum absolute atomic E-state index is 0.119. The van der Waals surface area contributed by atoms with Crippen molar-refractivity contribution in [2.24, 2.45) is 17.6 Å². The zero-order chi connectivity index (χ0) is 26.0. The number of aliphatic hydroxyl groups excluding tert-OH is 1. The Morgan fingerprint density at radius 1 is 1.17 bits per heavy atom. The van der Waals surface area contributed by atoms with Gasteiger partial charge in [0.05, 0.1) is 26.4 Å². The maximum absolute atomic E-state index is 12.5. The number of sulfonamides is 1. The standard InChI is InChI=1S/C24H37ClN2O6S2/c1-17(2)19(13-18-8-9-22(32-4)23(14-18)33-11-6-10-31-3)15-20(26)21(28)16-27(25)35(29,30)24-7-5-12-34-24/h5,7-9,12,14,17,19-21,28H,6,10-11,13,15-16,26H2,1-4H3/t19-,20-,21-/m0/s1. The summed E-state index contributed by atoms with van der Waals surface area (Å²) in [5, 5.41) is 12.3. The Morgan fingerprint density at radius 2 is 1.91 bits per heavy atom. The summed E-state index contributed by atoms with van der Waals surface area (Å²) in [4.78, 5) is 0. The summed E-state index contributed by atoms with van der Waals surface area (Å²) in [5.41, 5.74) is 7.37. The van der Waals surface area contributed by atoms with Crippen LogP contribution in [0.2, 0.25) is 0 Å². The molecule has 0 spiro atoms. The molecule has 0 fully saturated rings. The number of methoxy groups -OCH3 is 2. The second kappa shape index (κ2) is 14.4. The molecular weight excluding hydrogens is 512 g/mol. The van der Waals surface area contributed by atoms with E-state index in [0.717, 1.165) is 23.3 Å². The number of rotatable bonds is 16. The Kier molecular flexibility index (Phi) is 12.2. The van der Waals surface area contributed by atoms with Gasteiger partial charge >= 0.3 is 0 Å². The number of hydrogen-bond acceptors (Lipinski definition) is 8. The molecule has 1 aromatic heterocycles. The number of halogens is 1. The maximum Gasteiger partial charge on any atom is 0.266 e. The molecule has 0 amide bonds. The molecule has 2 aromatic rings. The average Bonchev–Trinajstić information content (AvgIpc) is 3.37. The first-order valence-corrected chi connectivity index (χ1v) is 14.2. The Labute approximate surface area is 218 Å². The predicted octanol–water partition coefficient (Wildman–Crippen LogP) is 3.91. The Hall–Kier alpha value is -1.40. The van der Waals surface area contributed by atoms with Crippen LogP contribution >= 0.6 is 23.1 Å². The molecular formula is C24H37ClN2O6S2. The molecule has 0 radical (unpaired) electrons. The summed E-state index contributed by atoms with van der Waals surface area (Å²) in [7, 11) is -0.613. The van der Waals surface area contributed by atoms with Crippen LogP contribution in [0, 0.1) is 11.8 Å². The number of thiophene rings is 1. The van der Waals surface area contributed by atoms with Crippen molar-refractivity contribution in [2.75, 3.05) is 34.0 Å². The minimum Gasteiger partial charge on any atom is -0.493 e. The molecule has 0 aliphatic rings. The molecule has 0 unspecified atom stereocenters. The number of nitrogens with two attached hydrogens (primary N) is 1. The van der Waals surface area contributed by atoms with Gasteiger partial charge in [0.1, 0.15) is 4.21 Å². The molecule has 11 heteroatoms. The van der Waals surface area contributed by atoms with Crippen LogP contribution in [0.25, 0.3) is 0 Å². The van der Waals surface area contributed by atoms with E-state index in [4.69, 9.17) is 31.7 Å². The second-order valence-corrected chi connectivity index (χ2v) is 12.4. The van der Waals surface area contributed by atoms with Gasteiger partial charge in [-0.1, -0.05) is 26.0 Å². The van der Waals surface area contributed by atoms with Crippen LogP contribution in [0.3, 0.4) is 0 Å². The van der Waals surface area contributed by atoms with Crippen LogP contribution in [-0.2, 0) is 21.2 Å². The first kappa shape index (κ1) is 29.8. The normalized spacial score (nSPS) is 14.8. The van der Waals surface area contributed by atoms with Gasteiger partial charge in [-0.2, -0.15) is 0 Å². The highest BCUT2D eigenvalue weighted by atomic mass is 35.5. The Balaban J connectivity index is 2.03. The van der Waals surface area contributed by atoms with E-state index in [2.05, 4.69) is 13.8 Å². The lowest BCUT2D eigenvalue weighted by Crippen LogP contribution is -2.44. The Morgan fingerprint density at radius 3 is 2.51 bits per heavy atom. The second-order valence-electron chi connectivity index (χ2n) is 8.76. The Bertz CT molecular complexity index is 988.